The molecule has 0 radical (unpaired) electrons. The van der Waals surface area contributed by atoms with E-state index in [1.165, 1.54) is 12.1 Å². The number of hydrogen-bond donors (Lipinski definition) is 0. The van der Waals surface area contributed by atoms with Crippen LogP contribution in [0.5, 0.6) is 0 Å². The van der Waals surface area contributed by atoms with Crippen molar-refractivity contribution >= 4 is 35.5 Å². The molecule has 1 aliphatic heterocycles. The SMILES string of the molecule is O=C(CP(=O)(c1ccccc1)c1ccccc1)ON1C(=O)c2ccccc2C1=O. The predicted molar refractivity (Wildman–Crippen MR) is 108 cm³/mol. The molecule has 0 unspecified atom stereocenters. The van der Waals surface area contributed by atoms with E-state index in [2.05, 4.69) is 0 Å². The number of fused-ring (bicyclic) bond motifs is 1. The lowest BCUT2D eigenvalue weighted by Crippen LogP contribution is -2.35. The molecule has 7 heteroatoms. The van der Waals surface area contributed by atoms with Crippen LogP contribution in [0.2, 0.25) is 0 Å². The lowest BCUT2D eigenvalue weighted by molar-refractivity contribution is -0.165. The molecule has 0 bridgehead atoms. The first-order chi connectivity index (χ1) is 14.0. The second kappa shape index (κ2) is 7.49. The van der Waals surface area contributed by atoms with E-state index in [0.29, 0.717) is 15.7 Å². The van der Waals surface area contributed by atoms with E-state index >= 15 is 0 Å². The first-order valence-electron chi connectivity index (χ1n) is 8.89. The topological polar surface area (TPSA) is 80.8 Å². The van der Waals surface area contributed by atoms with Gasteiger partial charge in [0.05, 0.1) is 11.1 Å². The first kappa shape index (κ1) is 18.8. The minimum atomic E-state index is -3.37. The minimum Gasteiger partial charge on any atom is -0.329 e. The standard InChI is InChI=1S/C22H16NO5P/c24-20(28-23-21(25)18-13-7-8-14-19(18)22(23)26)15-29(27,16-9-3-1-4-10-16)17-11-5-2-6-12-17/h1-14H,15H2. The zero-order valence-corrected chi connectivity index (χ0v) is 16.1. The third-order valence-corrected chi connectivity index (χ3v) is 7.62. The smallest absolute Gasteiger partial charge is 0.329 e. The van der Waals surface area contributed by atoms with Crippen LogP contribution in [0.4, 0.5) is 0 Å². The van der Waals surface area contributed by atoms with Gasteiger partial charge in [0, 0.05) is 10.6 Å². The van der Waals surface area contributed by atoms with Crippen LogP contribution in [0.3, 0.4) is 0 Å². The molecule has 2 amide bonds. The lowest BCUT2D eigenvalue weighted by Gasteiger charge is -2.20. The zero-order valence-electron chi connectivity index (χ0n) is 15.2. The van der Waals surface area contributed by atoms with Gasteiger partial charge in [0.1, 0.15) is 6.16 Å². The summed E-state index contributed by atoms with van der Waals surface area (Å²) in [4.78, 5) is 42.6. The Hall–Kier alpha value is -3.50. The number of hydroxylamine groups is 2. The Morgan fingerprint density at radius 1 is 0.724 bits per heavy atom. The summed E-state index contributed by atoms with van der Waals surface area (Å²) in [5.74, 6) is -2.35. The van der Waals surface area contributed by atoms with E-state index in [-0.39, 0.29) is 11.1 Å². The molecule has 1 heterocycles. The van der Waals surface area contributed by atoms with Gasteiger partial charge in [-0.15, -0.1) is 0 Å². The number of carbonyl (C=O) groups is 3. The molecule has 0 aliphatic carbocycles. The van der Waals surface area contributed by atoms with E-state index in [1.54, 1.807) is 72.8 Å². The molecule has 4 rings (SSSR count). The van der Waals surface area contributed by atoms with Gasteiger partial charge in [-0.1, -0.05) is 77.9 Å². The monoisotopic (exact) mass is 405 g/mol. The van der Waals surface area contributed by atoms with Crippen molar-refractivity contribution in [3.8, 4) is 0 Å². The molecule has 0 atom stereocenters. The second-order valence-corrected chi connectivity index (χ2v) is 9.31. The fraction of sp³-hybridized carbons (Fsp3) is 0.0455. The largest absolute Gasteiger partial charge is 0.341 e. The van der Waals surface area contributed by atoms with Crippen molar-refractivity contribution in [1.29, 1.82) is 0 Å². The Kier molecular flexibility index (Phi) is 4.87. The Bertz CT molecular complexity index is 1070. The van der Waals surface area contributed by atoms with Crippen molar-refractivity contribution in [2.75, 3.05) is 6.16 Å². The molecule has 0 spiro atoms. The third kappa shape index (κ3) is 3.39. The average Bonchev–Trinajstić information content (AvgIpc) is 3.00. The van der Waals surface area contributed by atoms with E-state index in [4.69, 9.17) is 4.84 Å². The number of imide groups is 1. The van der Waals surface area contributed by atoms with Crippen LogP contribution in [-0.4, -0.2) is 29.0 Å². The zero-order chi connectivity index (χ0) is 20.4. The van der Waals surface area contributed by atoms with E-state index in [0.717, 1.165) is 0 Å². The molecule has 0 N–H and O–H groups in total. The summed E-state index contributed by atoms with van der Waals surface area (Å²) < 4.78 is 13.9. The fourth-order valence-electron chi connectivity index (χ4n) is 3.23. The van der Waals surface area contributed by atoms with Crippen LogP contribution in [0.25, 0.3) is 0 Å². The molecule has 3 aromatic carbocycles. The molecule has 0 saturated carbocycles. The summed E-state index contributed by atoms with van der Waals surface area (Å²) in [7, 11) is -3.37. The van der Waals surface area contributed by atoms with Gasteiger partial charge in [-0.2, -0.15) is 0 Å². The normalized spacial score (nSPS) is 13.3. The van der Waals surface area contributed by atoms with Gasteiger partial charge in [0.25, 0.3) is 11.8 Å². The Labute approximate surface area is 167 Å². The summed E-state index contributed by atoms with van der Waals surface area (Å²) >= 11 is 0. The van der Waals surface area contributed by atoms with Gasteiger partial charge in [0.2, 0.25) is 0 Å². The van der Waals surface area contributed by atoms with Crippen LogP contribution in [0.15, 0.2) is 84.9 Å². The van der Waals surface area contributed by atoms with Crippen LogP contribution in [0.1, 0.15) is 20.7 Å². The maximum absolute atomic E-state index is 13.9. The van der Waals surface area contributed by atoms with Gasteiger partial charge in [0.15, 0.2) is 7.14 Å². The quantitative estimate of drug-likeness (QED) is 0.482. The molecule has 3 aromatic rings. The first-order valence-corrected chi connectivity index (χ1v) is 10.8. The Morgan fingerprint density at radius 2 is 1.14 bits per heavy atom. The summed E-state index contributed by atoms with van der Waals surface area (Å²) in [6.07, 6.45) is -0.478. The molecule has 29 heavy (non-hydrogen) atoms. The van der Waals surface area contributed by atoms with Crippen LogP contribution >= 0.6 is 7.14 Å². The molecule has 0 saturated heterocycles. The summed E-state index contributed by atoms with van der Waals surface area (Å²) in [6, 6.07) is 23.5. The number of nitrogens with zero attached hydrogens (tertiary/aromatic N) is 1. The fourth-order valence-corrected chi connectivity index (χ4v) is 5.62. The van der Waals surface area contributed by atoms with E-state index < -0.39 is 31.1 Å². The maximum Gasteiger partial charge on any atom is 0.341 e. The molecular formula is C22H16NO5P. The summed E-state index contributed by atoms with van der Waals surface area (Å²) in [6.45, 7) is 0. The molecule has 144 valence electrons. The molecule has 0 aromatic heterocycles. The molecule has 1 aliphatic rings. The molecule has 0 fully saturated rings. The molecular weight excluding hydrogens is 389 g/mol. The average molecular weight is 405 g/mol. The highest BCUT2D eigenvalue weighted by atomic mass is 31.2. The van der Waals surface area contributed by atoms with Crippen LogP contribution in [-0.2, 0) is 14.2 Å². The van der Waals surface area contributed by atoms with Crippen molar-refractivity contribution in [3.05, 3.63) is 96.1 Å². The van der Waals surface area contributed by atoms with Gasteiger partial charge in [-0.3, -0.25) is 9.59 Å². The highest BCUT2D eigenvalue weighted by molar-refractivity contribution is 7.79. The number of benzene rings is 3. The van der Waals surface area contributed by atoms with Gasteiger partial charge in [-0.05, 0) is 12.1 Å². The maximum atomic E-state index is 13.9. The number of carbonyl (C=O) groups excluding carboxylic acids is 3. The lowest BCUT2D eigenvalue weighted by atomic mass is 10.1. The summed E-state index contributed by atoms with van der Waals surface area (Å²) in [5.41, 5.74) is 0.333. The van der Waals surface area contributed by atoms with Gasteiger partial charge < -0.3 is 9.40 Å². The van der Waals surface area contributed by atoms with E-state index in [1.807, 2.05) is 0 Å². The van der Waals surface area contributed by atoms with E-state index in [9.17, 15) is 18.9 Å². The number of hydrogen-bond acceptors (Lipinski definition) is 5. The van der Waals surface area contributed by atoms with Gasteiger partial charge >= 0.3 is 5.97 Å². The van der Waals surface area contributed by atoms with Crippen molar-refractivity contribution in [2.24, 2.45) is 0 Å². The van der Waals surface area contributed by atoms with Gasteiger partial charge in [-0.25, -0.2) is 4.79 Å². The minimum absolute atomic E-state index is 0.166. The second-order valence-electron chi connectivity index (χ2n) is 6.48. The number of amides is 2. The Morgan fingerprint density at radius 3 is 1.59 bits per heavy atom. The van der Waals surface area contributed by atoms with Crippen LogP contribution < -0.4 is 10.6 Å². The molecule has 6 nitrogen and oxygen atoms in total. The van der Waals surface area contributed by atoms with Crippen molar-refractivity contribution in [1.82, 2.24) is 5.06 Å². The third-order valence-electron chi connectivity index (χ3n) is 4.65. The van der Waals surface area contributed by atoms with Crippen LogP contribution in [0, 0.1) is 0 Å². The predicted octanol–water partition coefficient (Wildman–Crippen LogP) is 2.75. The summed E-state index contributed by atoms with van der Waals surface area (Å²) in [5, 5.41) is 1.42. The highest BCUT2D eigenvalue weighted by Crippen LogP contribution is 2.43. The van der Waals surface area contributed by atoms with Crippen molar-refractivity contribution in [2.45, 2.75) is 0 Å². The van der Waals surface area contributed by atoms with Crippen molar-refractivity contribution < 1.29 is 23.8 Å². The number of rotatable bonds is 5. The van der Waals surface area contributed by atoms with Crippen molar-refractivity contribution in [3.63, 3.8) is 0 Å². The highest BCUT2D eigenvalue weighted by Gasteiger charge is 2.40. The Balaban J connectivity index is 1.61.